The molecular weight excluding hydrogens is 434 g/mol. The van der Waals surface area contributed by atoms with E-state index in [9.17, 15) is 4.79 Å². The van der Waals surface area contributed by atoms with Gasteiger partial charge in [-0.1, -0.05) is 0 Å². The van der Waals surface area contributed by atoms with Crippen molar-refractivity contribution in [2.75, 3.05) is 71.1 Å². The van der Waals surface area contributed by atoms with Crippen LogP contribution in [0.4, 0.5) is 5.69 Å². The Morgan fingerprint density at radius 1 is 0.882 bits per heavy atom. The molecule has 1 aliphatic heterocycles. The molecule has 1 aliphatic rings. The van der Waals surface area contributed by atoms with Gasteiger partial charge in [-0.3, -0.25) is 9.69 Å². The maximum atomic E-state index is 12.9. The van der Waals surface area contributed by atoms with Gasteiger partial charge in [-0.25, -0.2) is 0 Å². The highest BCUT2D eigenvalue weighted by Crippen LogP contribution is 2.39. The number of ether oxygens (including phenoxy) is 4. The number of amides is 1. The average Bonchev–Trinajstić information content (AvgIpc) is 2.86. The fourth-order valence-corrected chi connectivity index (χ4v) is 3.97. The average molecular weight is 472 g/mol. The molecule has 0 saturated carbocycles. The van der Waals surface area contributed by atoms with Gasteiger partial charge in [-0.05, 0) is 57.2 Å². The SMILES string of the molecule is CCOc1cc(C(=O)NCCN2CCN(c3ccc(OC)cc3)CC2)cc(OCC)c1OCC. The molecule has 1 fully saturated rings. The molecule has 0 aromatic heterocycles. The summed E-state index contributed by atoms with van der Waals surface area (Å²) in [6.07, 6.45) is 0. The number of hydrogen-bond acceptors (Lipinski definition) is 7. The van der Waals surface area contributed by atoms with Crippen molar-refractivity contribution in [2.24, 2.45) is 0 Å². The van der Waals surface area contributed by atoms with Crippen LogP contribution < -0.4 is 29.2 Å². The summed E-state index contributed by atoms with van der Waals surface area (Å²) in [7, 11) is 1.68. The van der Waals surface area contributed by atoms with Crippen LogP contribution in [0.2, 0.25) is 0 Å². The van der Waals surface area contributed by atoms with Gasteiger partial charge in [0.15, 0.2) is 11.5 Å². The Hall–Kier alpha value is -3.13. The lowest BCUT2D eigenvalue weighted by molar-refractivity contribution is 0.0946. The normalized spacial score (nSPS) is 13.9. The summed E-state index contributed by atoms with van der Waals surface area (Å²) < 4.78 is 22.4. The fraction of sp³-hybridized carbons (Fsp3) is 0.500. The Balaban J connectivity index is 1.52. The summed E-state index contributed by atoms with van der Waals surface area (Å²) in [5.74, 6) is 2.30. The number of methoxy groups -OCH3 is 1. The summed E-state index contributed by atoms with van der Waals surface area (Å²) in [4.78, 5) is 17.6. The smallest absolute Gasteiger partial charge is 0.251 e. The van der Waals surface area contributed by atoms with Crippen LogP contribution in [0.25, 0.3) is 0 Å². The molecule has 8 heteroatoms. The van der Waals surface area contributed by atoms with Gasteiger partial charge in [0, 0.05) is 50.5 Å². The third-order valence-electron chi connectivity index (χ3n) is 5.69. The number of carbonyl (C=O) groups excluding carboxylic acids is 1. The van der Waals surface area contributed by atoms with E-state index in [4.69, 9.17) is 18.9 Å². The zero-order chi connectivity index (χ0) is 24.3. The lowest BCUT2D eigenvalue weighted by atomic mass is 10.1. The molecule has 0 atom stereocenters. The lowest BCUT2D eigenvalue weighted by Gasteiger charge is -2.36. The quantitative estimate of drug-likeness (QED) is 0.508. The zero-order valence-corrected chi connectivity index (χ0v) is 20.8. The molecule has 1 saturated heterocycles. The van der Waals surface area contributed by atoms with E-state index < -0.39 is 0 Å². The van der Waals surface area contributed by atoms with Crippen molar-refractivity contribution in [1.29, 1.82) is 0 Å². The lowest BCUT2D eigenvalue weighted by Crippen LogP contribution is -2.48. The van der Waals surface area contributed by atoms with Crippen LogP contribution in [0.3, 0.4) is 0 Å². The largest absolute Gasteiger partial charge is 0.497 e. The van der Waals surface area contributed by atoms with Crippen molar-refractivity contribution < 1.29 is 23.7 Å². The number of hydrogen-bond donors (Lipinski definition) is 1. The second-order valence-electron chi connectivity index (χ2n) is 7.88. The van der Waals surface area contributed by atoms with Crippen LogP contribution in [-0.2, 0) is 0 Å². The summed E-state index contributed by atoms with van der Waals surface area (Å²) >= 11 is 0. The second kappa shape index (κ2) is 12.9. The summed E-state index contributed by atoms with van der Waals surface area (Å²) in [5, 5.41) is 3.03. The van der Waals surface area contributed by atoms with Gasteiger partial charge in [0.1, 0.15) is 5.75 Å². The first-order chi connectivity index (χ1) is 16.6. The van der Waals surface area contributed by atoms with Gasteiger partial charge in [0.05, 0.1) is 26.9 Å². The summed E-state index contributed by atoms with van der Waals surface area (Å²) in [6, 6.07) is 11.6. The number of carbonyl (C=O) groups is 1. The van der Waals surface area contributed by atoms with Gasteiger partial charge in [0.2, 0.25) is 5.75 Å². The highest BCUT2D eigenvalue weighted by molar-refractivity contribution is 5.95. The predicted octanol–water partition coefficient (Wildman–Crippen LogP) is 3.44. The monoisotopic (exact) mass is 471 g/mol. The van der Waals surface area contributed by atoms with Crippen LogP contribution in [0.15, 0.2) is 36.4 Å². The molecule has 2 aromatic rings. The Bertz CT molecular complexity index is 884. The molecule has 0 radical (unpaired) electrons. The zero-order valence-electron chi connectivity index (χ0n) is 20.8. The summed E-state index contributed by atoms with van der Waals surface area (Å²) in [5.41, 5.74) is 1.71. The maximum Gasteiger partial charge on any atom is 0.251 e. The fourth-order valence-electron chi connectivity index (χ4n) is 3.97. The Morgan fingerprint density at radius 3 is 2.00 bits per heavy atom. The molecule has 0 spiro atoms. The van der Waals surface area contributed by atoms with Crippen LogP contribution in [0.5, 0.6) is 23.0 Å². The molecule has 2 aromatic carbocycles. The number of rotatable bonds is 12. The Kier molecular flexibility index (Phi) is 9.70. The van der Waals surface area contributed by atoms with E-state index in [0.29, 0.717) is 49.2 Å². The van der Waals surface area contributed by atoms with Gasteiger partial charge >= 0.3 is 0 Å². The standard InChI is InChI=1S/C26H37N3O5/c1-5-32-23-18-20(19-24(33-6-2)25(23)34-7-3)26(30)27-12-13-28-14-16-29(17-15-28)21-8-10-22(31-4)11-9-21/h8-11,18-19H,5-7,12-17H2,1-4H3,(H,27,30). The molecule has 1 N–H and O–H groups in total. The van der Waals surface area contributed by atoms with Crippen molar-refractivity contribution in [3.05, 3.63) is 42.0 Å². The molecule has 1 heterocycles. The molecule has 3 rings (SSSR count). The van der Waals surface area contributed by atoms with E-state index in [1.165, 1.54) is 5.69 Å². The number of benzene rings is 2. The van der Waals surface area contributed by atoms with E-state index in [0.717, 1.165) is 38.5 Å². The van der Waals surface area contributed by atoms with Crippen molar-refractivity contribution in [3.8, 4) is 23.0 Å². The first-order valence-corrected chi connectivity index (χ1v) is 12.1. The van der Waals surface area contributed by atoms with Crippen molar-refractivity contribution >= 4 is 11.6 Å². The van der Waals surface area contributed by atoms with Gasteiger partial charge in [0.25, 0.3) is 5.91 Å². The number of piperazine rings is 1. The molecule has 34 heavy (non-hydrogen) atoms. The van der Waals surface area contributed by atoms with Crippen LogP contribution >= 0.6 is 0 Å². The summed E-state index contributed by atoms with van der Waals surface area (Å²) in [6.45, 7) is 12.3. The van der Waals surface area contributed by atoms with E-state index in [2.05, 4.69) is 27.2 Å². The molecule has 186 valence electrons. The minimum atomic E-state index is -0.151. The highest BCUT2D eigenvalue weighted by Gasteiger charge is 2.20. The minimum absolute atomic E-state index is 0.151. The van der Waals surface area contributed by atoms with Gasteiger partial charge in [-0.2, -0.15) is 0 Å². The Labute approximate surface area is 202 Å². The molecule has 1 amide bonds. The van der Waals surface area contributed by atoms with Gasteiger partial charge in [-0.15, -0.1) is 0 Å². The van der Waals surface area contributed by atoms with Crippen LogP contribution in [0.1, 0.15) is 31.1 Å². The second-order valence-corrected chi connectivity index (χ2v) is 7.88. The van der Waals surface area contributed by atoms with Crippen molar-refractivity contribution in [3.63, 3.8) is 0 Å². The van der Waals surface area contributed by atoms with Crippen LogP contribution in [-0.4, -0.2) is 77.0 Å². The van der Waals surface area contributed by atoms with E-state index >= 15 is 0 Å². The topological polar surface area (TPSA) is 72.5 Å². The van der Waals surface area contributed by atoms with Gasteiger partial charge < -0.3 is 29.2 Å². The molecule has 0 aliphatic carbocycles. The first kappa shape index (κ1) is 25.5. The van der Waals surface area contributed by atoms with Crippen LogP contribution in [0, 0.1) is 0 Å². The Morgan fingerprint density at radius 2 is 1.47 bits per heavy atom. The molecule has 0 unspecified atom stereocenters. The van der Waals surface area contributed by atoms with Crippen molar-refractivity contribution in [1.82, 2.24) is 10.2 Å². The molecule has 8 nitrogen and oxygen atoms in total. The van der Waals surface area contributed by atoms with E-state index in [1.807, 2.05) is 32.9 Å². The van der Waals surface area contributed by atoms with E-state index in [-0.39, 0.29) is 5.91 Å². The molecule has 0 bridgehead atoms. The van der Waals surface area contributed by atoms with E-state index in [1.54, 1.807) is 19.2 Å². The third-order valence-corrected chi connectivity index (χ3v) is 5.69. The number of nitrogens with one attached hydrogen (secondary N) is 1. The molecular formula is C26H37N3O5. The minimum Gasteiger partial charge on any atom is -0.497 e. The number of anilines is 1. The first-order valence-electron chi connectivity index (χ1n) is 12.1. The van der Waals surface area contributed by atoms with Crippen molar-refractivity contribution in [2.45, 2.75) is 20.8 Å². The highest BCUT2D eigenvalue weighted by atomic mass is 16.5. The predicted molar refractivity (Wildman–Crippen MR) is 134 cm³/mol. The maximum absolute atomic E-state index is 12.9. The number of nitrogens with zero attached hydrogens (tertiary/aromatic N) is 2. The third kappa shape index (κ3) is 6.70.